The zero-order valence-electron chi connectivity index (χ0n) is 9.86. The predicted molar refractivity (Wildman–Crippen MR) is 72.5 cm³/mol. The first-order valence-corrected chi connectivity index (χ1v) is 5.88. The number of rotatable bonds is 4. The fraction of sp³-hybridized carbons (Fsp3) is 0.333. The Hall–Kier alpha value is -1.62. The van der Waals surface area contributed by atoms with Crippen LogP contribution in [0.2, 0.25) is 0 Å². The number of hydrogen-bond acceptors (Lipinski definition) is 3. The van der Waals surface area contributed by atoms with Gasteiger partial charge < -0.3 is 15.5 Å². The van der Waals surface area contributed by atoms with E-state index in [1.54, 1.807) is 0 Å². The van der Waals surface area contributed by atoms with Gasteiger partial charge in [0.15, 0.2) is 0 Å². The number of nitrogens with two attached hydrogens (primary N) is 1. The van der Waals surface area contributed by atoms with Gasteiger partial charge in [-0.25, -0.2) is 4.98 Å². The maximum atomic E-state index is 5.43. The van der Waals surface area contributed by atoms with Crippen molar-refractivity contribution in [2.45, 2.75) is 19.8 Å². The summed E-state index contributed by atoms with van der Waals surface area (Å²) in [6, 6.07) is 5.70. The molecule has 0 bridgehead atoms. The van der Waals surface area contributed by atoms with E-state index < -0.39 is 0 Å². The van der Waals surface area contributed by atoms with E-state index in [9.17, 15) is 0 Å². The third-order valence-electron chi connectivity index (χ3n) is 2.40. The van der Waals surface area contributed by atoms with Crippen LogP contribution in [0.15, 0.2) is 18.2 Å². The molecule has 5 heteroatoms. The first kappa shape index (κ1) is 11.9. The van der Waals surface area contributed by atoms with Gasteiger partial charge >= 0.3 is 0 Å². The van der Waals surface area contributed by atoms with E-state index in [1.807, 2.05) is 18.2 Å². The quantitative estimate of drug-likeness (QED) is 0.816. The number of fused-ring (bicyclic) bond motifs is 1. The van der Waals surface area contributed by atoms with Crippen molar-refractivity contribution in [3.8, 4) is 5.75 Å². The largest absolute Gasteiger partial charge is 0.486 e. The standard InChI is InChI=1S/C12H15N3OS/c1-7(2)12-14-9-4-3-8(5-10(9)15-12)16-6-11(13)17/h3-5,7H,6H2,1-2H3,(H2,13,17)(H,14,15). The summed E-state index contributed by atoms with van der Waals surface area (Å²) in [5, 5.41) is 0. The molecule has 90 valence electrons. The Morgan fingerprint density at radius 1 is 1.53 bits per heavy atom. The number of benzene rings is 1. The lowest BCUT2D eigenvalue weighted by Crippen LogP contribution is -2.17. The molecule has 0 radical (unpaired) electrons. The fourth-order valence-electron chi connectivity index (χ4n) is 1.53. The molecule has 17 heavy (non-hydrogen) atoms. The van der Waals surface area contributed by atoms with Gasteiger partial charge in [0.2, 0.25) is 0 Å². The molecule has 0 spiro atoms. The zero-order chi connectivity index (χ0) is 12.4. The summed E-state index contributed by atoms with van der Waals surface area (Å²) in [5.74, 6) is 2.10. The first-order chi connectivity index (χ1) is 8.06. The highest BCUT2D eigenvalue weighted by molar-refractivity contribution is 7.80. The molecular formula is C12H15N3OS. The minimum Gasteiger partial charge on any atom is -0.486 e. The summed E-state index contributed by atoms with van der Waals surface area (Å²) >= 11 is 4.76. The minimum atomic E-state index is 0.256. The molecule has 1 aromatic heterocycles. The molecule has 1 heterocycles. The zero-order valence-corrected chi connectivity index (χ0v) is 10.7. The van der Waals surface area contributed by atoms with E-state index in [0.717, 1.165) is 22.6 Å². The lowest BCUT2D eigenvalue weighted by Gasteiger charge is -2.03. The van der Waals surface area contributed by atoms with Crippen molar-refractivity contribution in [1.82, 2.24) is 9.97 Å². The molecule has 0 saturated heterocycles. The van der Waals surface area contributed by atoms with Gasteiger partial charge in [-0.15, -0.1) is 0 Å². The van der Waals surface area contributed by atoms with Crippen LogP contribution >= 0.6 is 12.2 Å². The number of nitrogens with zero attached hydrogens (tertiary/aromatic N) is 1. The molecule has 2 aromatic rings. The SMILES string of the molecule is CC(C)c1nc2ccc(OCC(N)=S)cc2[nH]1. The number of H-pyrrole nitrogens is 1. The normalized spacial score (nSPS) is 11.0. The predicted octanol–water partition coefficient (Wildman–Crippen LogP) is 2.35. The molecule has 3 N–H and O–H groups in total. The molecule has 0 aliphatic rings. The number of imidazole rings is 1. The van der Waals surface area contributed by atoms with Crippen LogP contribution in [-0.4, -0.2) is 21.6 Å². The molecule has 0 fully saturated rings. The maximum absolute atomic E-state index is 5.43. The molecule has 0 saturated carbocycles. The molecular weight excluding hydrogens is 234 g/mol. The Morgan fingerprint density at radius 2 is 2.29 bits per heavy atom. The number of hydrogen-bond donors (Lipinski definition) is 2. The van der Waals surface area contributed by atoms with E-state index in [1.165, 1.54) is 0 Å². The molecule has 1 aromatic carbocycles. The van der Waals surface area contributed by atoms with Crippen molar-refractivity contribution in [1.29, 1.82) is 0 Å². The second-order valence-electron chi connectivity index (χ2n) is 4.21. The molecule has 0 unspecified atom stereocenters. The van der Waals surface area contributed by atoms with Gasteiger partial charge in [-0.2, -0.15) is 0 Å². The highest BCUT2D eigenvalue weighted by Gasteiger charge is 2.07. The average Bonchev–Trinajstić information content (AvgIpc) is 2.69. The van der Waals surface area contributed by atoms with Gasteiger partial charge in [0, 0.05) is 12.0 Å². The molecule has 0 aliphatic heterocycles. The lowest BCUT2D eigenvalue weighted by molar-refractivity contribution is 0.378. The number of aromatic amines is 1. The van der Waals surface area contributed by atoms with E-state index in [4.69, 9.17) is 22.7 Å². The van der Waals surface area contributed by atoms with Crippen molar-refractivity contribution in [3.05, 3.63) is 24.0 Å². The van der Waals surface area contributed by atoms with Gasteiger partial charge in [0.05, 0.1) is 11.0 Å². The molecule has 0 aliphatic carbocycles. The van der Waals surface area contributed by atoms with Crippen LogP contribution in [0.5, 0.6) is 5.75 Å². The van der Waals surface area contributed by atoms with Crippen LogP contribution < -0.4 is 10.5 Å². The number of ether oxygens (including phenoxy) is 1. The summed E-state index contributed by atoms with van der Waals surface area (Å²) in [7, 11) is 0. The van der Waals surface area contributed by atoms with Crippen molar-refractivity contribution in [2.75, 3.05) is 6.61 Å². The highest BCUT2D eigenvalue weighted by atomic mass is 32.1. The van der Waals surface area contributed by atoms with E-state index in [2.05, 4.69) is 23.8 Å². The topological polar surface area (TPSA) is 63.9 Å². The van der Waals surface area contributed by atoms with Crippen LogP contribution in [0.1, 0.15) is 25.6 Å². The summed E-state index contributed by atoms with van der Waals surface area (Å²) in [4.78, 5) is 8.10. The lowest BCUT2D eigenvalue weighted by atomic mass is 10.2. The van der Waals surface area contributed by atoms with Crippen molar-refractivity contribution in [2.24, 2.45) is 5.73 Å². The Bertz CT molecular complexity index is 548. The first-order valence-electron chi connectivity index (χ1n) is 5.47. The van der Waals surface area contributed by atoms with Gasteiger partial charge in [-0.05, 0) is 12.1 Å². The van der Waals surface area contributed by atoms with Crippen molar-refractivity contribution in [3.63, 3.8) is 0 Å². The molecule has 4 nitrogen and oxygen atoms in total. The van der Waals surface area contributed by atoms with Gasteiger partial charge in [0.1, 0.15) is 23.2 Å². The van der Waals surface area contributed by atoms with Crippen LogP contribution in [0, 0.1) is 0 Å². The van der Waals surface area contributed by atoms with Crippen molar-refractivity contribution < 1.29 is 4.74 Å². The number of nitrogens with one attached hydrogen (secondary N) is 1. The van der Waals surface area contributed by atoms with Crippen LogP contribution in [0.4, 0.5) is 0 Å². The van der Waals surface area contributed by atoms with Gasteiger partial charge in [-0.3, -0.25) is 0 Å². The third-order valence-corrected chi connectivity index (χ3v) is 2.52. The summed E-state index contributed by atoms with van der Waals surface area (Å²) in [5.41, 5.74) is 7.29. The van der Waals surface area contributed by atoms with Crippen molar-refractivity contribution >= 4 is 28.2 Å². The number of aromatic nitrogens is 2. The number of thiocarbonyl (C=S) groups is 1. The Labute approximate surface area is 105 Å². The minimum absolute atomic E-state index is 0.256. The van der Waals surface area contributed by atoms with Crippen LogP contribution in [0.25, 0.3) is 11.0 Å². The maximum Gasteiger partial charge on any atom is 0.138 e. The summed E-state index contributed by atoms with van der Waals surface area (Å²) in [6.07, 6.45) is 0. The monoisotopic (exact) mass is 249 g/mol. The van der Waals surface area contributed by atoms with E-state index in [-0.39, 0.29) is 6.61 Å². The highest BCUT2D eigenvalue weighted by Crippen LogP contribution is 2.21. The van der Waals surface area contributed by atoms with Gasteiger partial charge in [0.25, 0.3) is 0 Å². The second kappa shape index (κ2) is 4.71. The summed E-state index contributed by atoms with van der Waals surface area (Å²) in [6.45, 7) is 4.45. The van der Waals surface area contributed by atoms with Crippen LogP contribution in [-0.2, 0) is 0 Å². The van der Waals surface area contributed by atoms with E-state index >= 15 is 0 Å². The third kappa shape index (κ3) is 2.74. The molecule has 2 rings (SSSR count). The summed E-state index contributed by atoms with van der Waals surface area (Å²) < 4.78 is 5.43. The Kier molecular flexibility index (Phi) is 3.28. The molecule has 0 atom stereocenters. The fourth-order valence-corrected chi connectivity index (χ4v) is 1.59. The Morgan fingerprint density at radius 3 is 2.94 bits per heavy atom. The smallest absolute Gasteiger partial charge is 0.138 e. The second-order valence-corrected chi connectivity index (χ2v) is 4.74. The van der Waals surface area contributed by atoms with Crippen LogP contribution in [0.3, 0.4) is 0 Å². The Balaban J connectivity index is 2.27. The average molecular weight is 249 g/mol. The van der Waals surface area contributed by atoms with Gasteiger partial charge in [-0.1, -0.05) is 26.1 Å². The van der Waals surface area contributed by atoms with E-state index in [0.29, 0.717) is 10.9 Å². The molecule has 0 amide bonds.